The Bertz CT molecular complexity index is 401. The van der Waals surface area contributed by atoms with Crippen LogP contribution in [0.5, 0.6) is 0 Å². The lowest BCUT2D eigenvalue weighted by Crippen LogP contribution is -1.84. The second-order valence-electron chi connectivity index (χ2n) is 2.60. The molecule has 2 rings (SSSR count). The fraction of sp³-hybridized carbons (Fsp3) is 0. The number of benzene rings is 1. The lowest BCUT2D eigenvalue weighted by molar-refractivity contribution is 0.628. The molecule has 0 aliphatic rings. The van der Waals surface area contributed by atoms with Gasteiger partial charge in [-0.2, -0.15) is 0 Å². The largest absolute Gasteiger partial charge is 0.245 e. The monoisotopic (exact) mass is 174 g/mol. The van der Waals surface area contributed by atoms with Crippen molar-refractivity contribution in [3.63, 3.8) is 0 Å². The molecule has 0 saturated heterocycles. The third-order valence-electron chi connectivity index (χ3n) is 1.70. The second kappa shape index (κ2) is 3.31. The maximum absolute atomic E-state index is 12.8. The summed E-state index contributed by atoms with van der Waals surface area (Å²) in [6.07, 6.45) is 3.08. The molecule has 64 valence electrons. The molecule has 0 bridgehead atoms. The number of aromatic nitrogens is 2. The topological polar surface area (TPSA) is 25.8 Å². The summed E-state index contributed by atoms with van der Waals surface area (Å²) in [6.45, 7) is 0. The second-order valence-corrected chi connectivity index (χ2v) is 2.60. The van der Waals surface area contributed by atoms with E-state index in [9.17, 15) is 4.39 Å². The Hall–Kier alpha value is -1.77. The Balaban J connectivity index is 2.48. The molecule has 0 fully saturated rings. The van der Waals surface area contributed by atoms with Crippen molar-refractivity contribution in [2.24, 2.45) is 0 Å². The zero-order chi connectivity index (χ0) is 9.10. The Morgan fingerprint density at radius 1 is 1.15 bits per heavy atom. The van der Waals surface area contributed by atoms with Crippen LogP contribution in [0.25, 0.3) is 11.3 Å². The van der Waals surface area contributed by atoms with Crippen LogP contribution < -0.4 is 0 Å². The van der Waals surface area contributed by atoms with Crippen molar-refractivity contribution in [3.8, 4) is 11.3 Å². The Morgan fingerprint density at radius 3 is 2.77 bits per heavy atom. The number of hydrogen-bond donors (Lipinski definition) is 0. The van der Waals surface area contributed by atoms with Crippen LogP contribution in [0.4, 0.5) is 4.39 Å². The van der Waals surface area contributed by atoms with E-state index in [0.717, 1.165) is 11.3 Å². The van der Waals surface area contributed by atoms with Crippen molar-refractivity contribution in [2.45, 2.75) is 0 Å². The summed E-state index contributed by atoms with van der Waals surface area (Å²) in [4.78, 5) is 7.80. The van der Waals surface area contributed by atoms with Crippen LogP contribution in [-0.4, -0.2) is 9.97 Å². The van der Waals surface area contributed by atoms with E-state index in [4.69, 9.17) is 0 Å². The molecule has 0 spiro atoms. The first-order valence-electron chi connectivity index (χ1n) is 3.88. The van der Waals surface area contributed by atoms with E-state index in [2.05, 4.69) is 9.97 Å². The van der Waals surface area contributed by atoms with E-state index in [1.165, 1.54) is 18.5 Å². The van der Waals surface area contributed by atoms with Crippen molar-refractivity contribution in [3.05, 3.63) is 48.7 Å². The van der Waals surface area contributed by atoms with E-state index < -0.39 is 0 Å². The molecule has 2 aromatic rings. The molecule has 2 nitrogen and oxygen atoms in total. The summed E-state index contributed by atoms with van der Waals surface area (Å²) in [5.41, 5.74) is 1.50. The predicted molar refractivity (Wildman–Crippen MR) is 47.4 cm³/mol. The SMILES string of the molecule is Fc1cccc(-c2ccncn2)c1. The molecule has 0 N–H and O–H groups in total. The lowest BCUT2D eigenvalue weighted by Gasteiger charge is -1.98. The zero-order valence-electron chi connectivity index (χ0n) is 6.81. The van der Waals surface area contributed by atoms with Gasteiger partial charge in [0.1, 0.15) is 12.1 Å². The number of hydrogen-bond acceptors (Lipinski definition) is 2. The van der Waals surface area contributed by atoms with E-state index in [1.54, 1.807) is 18.3 Å². The number of nitrogens with zero attached hydrogens (tertiary/aromatic N) is 2. The summed E-state index contributed by atoms with van der Waals surface area (Å²) in [5, 5.41) is 0. The van der Waals surface area contributed by atoms with Crippen LogP contribution in [0.1, 0.15) is 0 Å². The fourth-order valence-electron chi connectivity index (χ4n) is 1.11. The number of rotatable bonds is 1. The van der Waals surface area contributed by atoms with Gasteiger partial charge in [0.2, 0.25) is 0 Å². The van der Waals surface area contributed by atoms with E-state index in [-0.39, 0.29) is 5.82 Å². The van der Waals surface area contributed by atoms with Gasteiger partial charge in [-0.05, 0) is 18.2 Å². The van der Waals surface area contributed by atoms with Crippen molar-refractivity contribution >= 4 is 0 Å². The standard InChI is InChI=1S/C10H7FN2/c11-9-3-1-2-8(6-9)10-4-5-12-7-13-10/h1-7H. The number of halogens is 1. The van der Waals surface area contributed by atoms with Gasteiger partial charge < -0.3 is 0 Å². The molecule has 0 saturated carbocycles. The molecule has 0 aliphatic carbocycles. The van der Waals surface area contributed by atoms with Crippen molar-refractivity contribution < 1.29 is 4.39 Å². The van der Waals surface area contributed by atoms with Crippen LogP contribution in [0.2, 0.25) is 0 Å². The van der Waals surface area contributed by atoms with Crippen LogP contribution in [0, 0.1) is 5.82 Å². The molecule has 1 aromatic carbocycles. The molecule has 0 unspecified atom stereocenters. The fourth-order valence-corrected chi connectivity index (χ4v) is 1.11. The summed E-state index contributed by atoms with van der Waals surface area (Å²) >= 11 is 0. The van der Waals surface area contributed by atoms with Gasteiger partial charge >= 0.3 is 0 Å². The molecule has 0 amide bonds. The Labute approximate surface area is 75.1 Å². The van der Waals surface area contributed by atoms with Gasteiger partial charge in [-0.1, -0.05) is 12.1 Å². The average Bonchev–Trinajstić information content (AvgIpc) is 2.19. The van der Waals surface area contributed by atoms with Gasteiger partial charge in [-0.3, -0.25) is 0 Å². The normalized spacial score (nSPS) is 9.92. The maximum atomic E-state index is 12.8. The molecule has 0 aliphatic heterocycles. The minimum absolute atomic E-state index is 0.254. The molecular formula is C10H7FN2. The highest BCUT2D eigenvalue weighted by atomic mass is 19.1. The molecular weight excluding hydrogens is 167 g/mol. The quantitative estimate of drug-likeness (QED) is 0.662. The highest BCUT2D eigenvalue weighted by Crippen LogP contribution is 2.15. The molecule has 3 heteroatoms. The minimum atomic E-state index is -0.254. The summed E-state index contributed by atoms with van der Waals surface area (Å²) in [7, 11) is 0. The lowest BCUT2D eigenvalue weighted by atomic mass is 10.1. The van der Waals surface area contributed by atoms with E-state index in [1.807, 2.05) is 6.07 Å². The van der Waals surface area contributed by atoms with Crippen LogP contribution in [0.3, 0.4) is 0 Å². The predicted octanol–water partition coefficient (Wildman–Crippen LogP) is 2.28. The minimum Gasteiger partial charge on any atom is -0.245 e. The van der Waals surface area contributed by atoms with Gasteiger partial charge in [0.15, 0.2) is 0 Å². The van der Waals surface area contributed by atoms with Gasteiger partial charge in [-0.25, -0.2) is 14.4 Å². The van der Waals surface area contributed by atoms with Gasteiger partial charge in [0, 0.05) is 11.8 Å². The zero-order valence-corrected chi connectivity index (χ0v) is 6.81. The first-order valence-corrected chi connectivity index (χ1v) is 3.88. The van der Waals surface area contributed by atoms with Gasteiger partial charge in [-0.15, -0.1) is 0 Å². The maximum Gasteiger partial charge on any atom is 0.123 e. The molecule has 1 heterocycles. The van der Waals surface area contributed by atoms with Crippen LogP contribution in [-0.2, 0) is 0 Å². The Kier molecular flexibility index (Phi) is 2.00. The molecule has 13 heavy (non-hydrogen) atoms. The third kappa shape index (κ3) is 1.69. The summed E-state index contributed by atoms with van der Waals surface area (Å²) < 4.78 is 12.8. The Morgan fingerprint density at radius 2 is 2.08 bits per heavy atom. The average molecular weight is 174 g/mol. The first-order chi connectivity index (χ1) is 6.36. The highest BCUT2D eigenvalue weighted by Gasteiger charge is 1.98. The molecule has 0 atom stereocenters. The third-order valence-corrected chi connectivity index (χ3v) is 1.70. The first kappa shape index (κ1) is 7.86. The van der Waals surface area contributed by atoms with E-state index in [0.29, 0.717) is 0 Å². The summed E-state index contributed by atoms with van der Waals surface area (Å²) in [6, 6.07) is 8.07. The smallest absolute Gasteiger partial charge is 0.123 e. The molecule has 0 radical (unpaired) electrons. The van der Waals surface area contributed by atoms with Crippen molar-refractivity contribution in [1.29, 1.82) is 0 Å². The van der Waals surface area contributed by atoms with Crippen LogP contribution in [0.15, 0.2) is 42.9 Å². The van der Waals surface area contributed by atoms with E-state index >= 15 is 0 Å². The van der Waals surface area contributed by atoms with Crippen molar-refractivity contribution in [1.82, 2.24) is 9.97 Å². The highest BCUT2D eigenvalue weighted by molar-refractivity contribution is 5.57. The summed E-state index contributed by atoms with van der Waals surface area (Å²) in [5.74, 6) is -0.254. The molecule has 1 aromatic heterocycles. The van der Waals surface area contributed by atoms with Gasteiger partial charge in [0.05, 0.1) is 5.69 Å². The van der Waals surface area contributed by atoms with Crippen LogP contribution >= 0.6 is 0 Å². The van der Waals surface area contributed by atoms with Crippen molar-refractivity contribution in [2.75, 3.05) is 0 Å². The van der Waals surface area contributed by atoms with Gasteiger partial charge in [0.25, 0.3) is 0 Å².